The van der Waals surface area contributed by atoms with E-state index in [1.165, 1.54) is 0 Å². The minimum atomic E-state index is -1.75. The van der Waals surface area contributed by atoms with Crippen LogP contribution in [0.1, 0.15) is 58.8 Å². The van der Waals surface area contributed by atoms with Crippen LogP contribution in [0.3, 0.4) is 0 Å². The quantitative estimate of drug-likeness (QED) is 0.0159. The molecule has 25 N–H and O–H groups in total. The fourth-order valence-electron chi connectivity index (χ4n) is 5.82. The summed E-state index contributed by atoms with van der Waals surface area (Å²) in [5.41, 5.74) is 21.1. The van der Waals surface area contributed by atoms with E-state index >= 15 is 0 Å². The first kappa shape index (κ1) is 62.5. The van der Waals surface area contributed by atoms with Crippen molar-refractivity contribution in [2.45, 2.75) is 101 Å². The zero-order valence-corrected chi connectivity index (χ0v) is 38.8. The number of carboxylic acids is 1. The molecule has 70 heavy (non-hydrogen) atoms. The highest BCUT2D eigenvalue weighted by Gasteiger charge is 2.33. The van der Waals surface area contributed by atoms with Crippen molar-refractivity contribution in [1.82, 2.24) is 58.5 Å². The SMILES string of the molecule is CC(C)C[C@H](NC(=O)[C@H](CCCNC(=N)N)NC(=O)CNC(=O)CNC(=O)[C@H](CO)NC(=O)[C@H](CCCNC(=N)N)NC(=O)[C@H](CCC(N)=O)NC(=O)[C@H](CO)NC(=O)CN)C(=O)N[C@@H](CO)C(=O)O. The lowest BCUT2D eigenvalue weighted by atomic mass is 10.0. The van der Waals surface area contributed by atoms with E-state index in [-0.39, 0.29) is 57.1 Å². The average molecular weight is 1000 g/mol. The van der Waals surface area contributed by atoms with Gasteiger partial charge in [-0.25, -0.2) is 4.79 Å². The second kappa shape index (κ2) is 33.9. The van der Waals surface area contributed by atoms with Crippen LogP contribution in [-0.2, 0) is 52.7 Å². The number of guanidine groups is 2. The number of nitrogens with two attached hydrogens (primary N) is 4. The fourth-order valence-corrected chi connectivity index (χ4v) is 5.82. The minimum absolute atomic E-state index is 0.0134. The molecule has 0 bridgehead atoms. The number of nitrogens with one attached hydrogen (secondary N) is 13. The van der Waals surface area contributed by atoms with Crippen molar-refractivity contribution in [1.29, 1.82) is 10.8 Å². The molecule has 7 atom stereocenters. The van der Waals surface area contributed by atoms with E-state index in [0.717, 1.165) is 0 Å². The van der Waals surface area contributed by atoms with Crippen LogP contribution in [0.4, 0.5) is 0 Å². The van der Waals surface area contributed by atoms with E-state index in [4.69, 9.17) is 33.8 Å². The summed E-state index contributed by atoms with van der Waals surface area (Å²) in [5, 5.41) is 78.2. The number of carboxylic acid groups (broad SMARTS) is 1. The molecule has 0 aliphatic rings. The molecule has 0 aromatic heterocycles. The molecule has 0 fully saturated rings. The van der Waals surface area contributed by atoms with E-state index in [1.807, 2.05) is 0 Å². The molecule has 0 aliphatic carbocycles. The first-order valence-corrected chi connectivity index (χ1v) is 21.7. The summed E-state index contributed by atoms with van der Waals surface area (Å²) < 4.78 is 0. The first-order chi connectivity index (χ1) is 32.9. The van der Waals surface area contributed by atoms with E-state index in [1.54, 1.807) is 13.8 Å². The Bertz CT molecular complexity index is 1840. The maximum absolute atomic E-state index is 13.5. The van der Waals surface area contributed by atoms with Gasteiger partial charge in [-0.3, -0.25) is 58.8 Å². The van der Waals surface area contributed by atoms with E-state index in [0.29, 0.717) is 0 Å². The molecule has 0 unspecified atom stereocenters. The maximum Gasteiger partial charge on any atom is 0.328 e. The van der Waals surface area contributed by atoms with Gasteiger partial charge in [0.2, 0.25) is 59.1 Å². The Morgan fingerprint density at radius 1 is 0.471 bits per heavy atom. The van der Waals surface area contributed by atoms with Crippen LogP contribution in [0, 0.1) is 16.7 Å². The molecular formula is C38H69N17O15. The van der Waals surface area contributed by atoms with Crippen molar-refractivity contribution in [3.8, 4) is 0 Å². The highest BCUT2D eigenvalue weighted by atomic mass is 16.4. The van der Waals surface area contributed by atoms with Crippen LogP contribution in [-0.4, -0.2) is 192 Å². The molecule has 10 amide bonds. The number of primary amides is 1. The van der Waals surface area contributed by atoms with Gasteiger partial charge in [-0.2, -0.15) is 0 Å². The Hall–Kier alpha value is -7.45. The smallest absolute Gasteiger partial charge is 0.328 e. The largest absolute Gasteiger partial charge is 0.480 e. The Morgan fingerprint density at radius 3 is 1.30 bits per heavy atom. The molecule has 32 nitrogen and oxygen atoms in total. The number of aliphatic hydroxyl groups excluding tert-OH is 3. The Labute approximate surface area is 401 Å². The molecule has 0 radical (unpaired) electrons. The molecule has 0 saturated heterocycles. The molecular weight excluding hydrogens is 935 g/mol. The van der Waals surface area contributed by atoms with Gasteiger partial charge in [0.1, 0.15) is 42.3 Å². The van der Waals surface area contributed by atoms with Crippen molar-refractivity contribution in [2.75, 3.05) is 52.5 Å². The van der Waals surface area contributed by atoms with Crippen LogP contribution in [0.15, 0.2) is 0 Å². The maximum atomic E-state index is 13.5. The average Bonchev–Trinajstić information content (AvgIpc) is 3.29. The number of rotatable bonds is 35. The fraction of sp³-hybridized carbons (Fsp3) is 0.658. The lowest BCUT2D eigenvalue weighted by Gasteiger charge is -2.26. The number of amides is 10. The second-order valence-electron chi connectivity index (χ2n) is 15.7. The zero-order chi connectivity index (χ0) is 53.5. The van der Waals surface area contributed by atoms with Gasteiger partial charge in [-0.15, -0.1) is 0 Å². The normalized spacial score (nSPS) is 13.7. The van der Waals surface area contributed by atoms with Gasteiger partial charge in [0.15, 0.2) is 11.9 Å². The summed E-state index contributed by atoms with van der Waals surface area (Å²) in [6.07, 6.45) is -0.947. The Morgan fingerprint density at radius 2 is 0.857 bits per heavy atom. The third kappa shape index (κ3) is 26.8. The van der Waals surface area contributed by atoms with E-state index in [2.05, 4.69) is 58.5 Å². The lowest BCUT2D eigenvalue weighted by molar-refractivity contribution is -0.143. The molecule has 0 saturated carbocycles. The molecule has 0 heterocycles. The minimum Gasteiger partial charge on any atom is -0.480 e. The van der Waals surface area contributed by atoms with Gasteiger partial charge in [0.25, 0.3) is 0 Å². The molecule has 0 spiro atoms. The second-order valence-corrected chi connectivity index (χ2v) is 15.7. The molecule has 0 aromatic rings. The summed E-state index contributed by atoms with van der Waals surface area (Å²) in [6, 6.07) is -10.8. The predicted molar refractivity (Wildman–Crippen MR) is 244 cm³/mol. The van der Waals surface area contributed by atoms with Crippen molar-refractivity contribution in [3.63, 3.8) is 0 Å². The third-order valence-corrected chi connectivity index (χ3v) is 9.41. The highest BCUT2D eigenvalue weighted by Crippen LogP contribution is 2.08. The summed E-state index contributed by atoms with van der Waals surface area (Å²) in [5.74, 6) is -12.3. The van der Waals surface area contributed by atoms with Crippen molar-refractivity contribution in [3.05, 3.63) is 0 Å². The number of aliphatic carboxylic acids is 1. The highest BCUT2D eigenvalue weighted by molar-refractivity contribution is 5.97. The summed E-state index contributed by atoms with van der Waals surface area (Å²) in [4.78, 5) is 140. The molecule has 0 aliphatic heterocycles. The van der Waals surface area contributed by atoms with Gasteiger partial charge >= 0.3 is 5.97 Å². The Kier molecular flexibility index (Phi) is 30.3. The van der Waals surface area contributed by atoms with Gasteiger partial charge in [0.05, 0.1) is 39.5 Å². The number of carbonyl (C=O) groups excluding carboxylic acids is 10. The molecule has 0 rings (SSSR count). The zero-order valence-electron chi connectivity index (χ0n) is 38.8. The van der Waals surface area contributed by atoms with Gasteiger partial charge in [-0.05, 0) is 44.4 Å². The van der Waals surface area contributed by atoms with Gasteiger partial charge in [0, 0.05) is 19.5 Å². The summed E-state index contributed by atoms with van der Waals surface area (Å²) in [7, 11) is 0. The molecule has 32 heteroatoms. The van der Waals surface area contributed by atoms with Crippen LogP contribution in [0.2, 0.25) is 0 Å². The summed E-state index contributed by atoms with van der Waals surface area (Å²) in [6.45, 7) is -1.49. The number of aliphatic hydroxyl groups is 3. The molecule has 396 valence electrons. The standard InChI is InChI=1S/C38H69N17O15/c1-18(2)11-22(34(67)55-25(17-58)36(69)70)53-31(64)19(5-3-9-45-37(41)42)49-29(62)14-47-28(61)13-48-30(63)23(15-56)54-32(65)20(6-4-10-46-38(43)44)51-33(66)21(7-8-26(40)59)52-35(68)24(16-57)50-27(60)12-39/h18-25,56-58H,3-17,39H2,1-2H3,(H2,40,59)(H,47,61)(H,48,63)(H,49,62)(H,50,60)(H,51,66)(H,52,68)(H,53,64)(H,54,65)(H,55,67)(H,69,70)(H4,41,42,45)(H4,43,44,46)/t19-,20-,21-,22-,23-,24-,25-/m0/s1. The van der Waals surface area contributed by atoms with Crippen molar-refractivity contribution in [2.24, 2.45) is 28.9 Å². The van der Waals surface area contributed by atoms with Crippen molar-refractivity contribution < 1.29 is 73.2 Å². The summed E-state index contributed by atoms with van der Waals surface area (Å²) >= 11 is 0. The predicted octanol–water partition coefficient (Wildman–Crippen LogP) is -10.5. The van der Waals surface area contributed by atoms with Crippen molar-refractivity contribution >= 4 is 77.0 Å². The number of hydrogen-bond donors (Lipinski definition) is 21. The molecule has 0 aromatic carbocycles. The number of carbonyl (C=O) groups is 11. The van der Waals surface area contributed by atoms with E-state index < -0.39 is 166 Å². The third-order valence-electron chi connectivity index (χ3n) is 9.41. The monoisotopic (exact) mass is 1000 g/mol. The number of hydrogen-bond acceptors (Lipinski definition) is 17. The van der Waals surface area contributed by atoms with Crippen LogP contribution in [0.5, 0.6) is 0 Å². The lowest BCUT2D eigenvalue weighted by Crippen LogP contribution is -2.59. The van der Waals surface area contributed by atoms with Gasteiger partial charge in [-0.1, -0.05) is 13.8 Å². The van der Waals surface area contributed by atoms with Crippen LogP contribution < -0.4 is 81.4 Å². The van der Waals surface area contributed by atoms with Gasteiger partial charge < -0.3 is 102 Å². The Balaban J connectivity index is 5.92. The van der Waals surface area contributed by atoms with E-state index in [9.17, 15) is 73.2 Å². The van der Waals surface area contributed by atoms with Crippen LogP contribution in [0.25, 0.3) is 0 Å². The first-order valence-electron chi connectivity index (χ1n) is 21.7. The van der Waals surface area contributed by atoms with Crippen LogP contribution >= 0.6 is 0 Å². The topological polar surface area (TPSA) is 553 Å².